The number of benzene rings is 2. The zero-order chi connectivity index (χ0) is 27.7. The monoisotopic (exact) mass is 562 g/mol. The highest BCUT2D eigenvalue weighted by Crippen LogP contribution is 2.32. The van der Waals surface area contributed by atoms with Gasteiger partial charge in [0.15, 0.2) is 10.8 Å². The van der Waals surface area contributed by atoms with Crippen molar-refractivity contribution in [3.63, 3.8) is 0 Å². The molecule has 1 aliphatic heterocycles. The van der Waals surface area contributed by atoms with Gasteiger partial charge in [-0.2, -0.15) is 0 Å². The van der Waals surface area contributed by atoms with Crippen LogP contribution >= 0.6 is 11.3 Å². The molecule has 0 spiro atoms. The summed E-state index contributed by atoms with van der Waals surface area (Å²) < 4.78 is 20.1. The summed E-state index contributed by atoms with van der Waals surface area (Å²) in [5.74, 6) is 2.09. The summed E-state index contributed by atoms with van der Waals surface area (Å²) >= 11 is 1.65. The molecule has 4 heterocycles. The molecule has 40 heavy (non-hydrogen) atoms. The molecule has 2 aromatic carbocycles. The minimum absolute atomic E-state index is 0.157. The number of thiazole rings is 1. The Balaban J connectivity index is 1.08. The molecule has 1 saturated heterocycles. The Labute approximate surface area is 236 Å². The summed E-state index contributed by atoms with van der Waals surface area (Å²) in [6, 6.07) is 15.8. The van der Waals surface area contributed by atoms with Crippen LogP contribution in [-0.2, 0) is 10.2 Å². The molecular weight excluding hydrogens is 528 g/mol. The summed E-state index contributed by atoms with van der Waals surface area (Å²) in [4.78, 5) is 8.16. The van der Waals surface area contributed by atoms with Crippen LogP contribution in [0.15, 0.2) is 59.3 Å². The van der Waals surface area contributed by atoms with Crippen LogP contribution in [0, 0.1) is 0 Å². The van der Waals surface area contributed by atoms with E-state index in [2.05, 4.69) is 43.4 Å². The van der Waals surface area contributed by atoms with E-state index in [1.54, 1.807) is 17.4 Å². The molecule has 1 aliphatic rings. The maximum Gasteiger partial charge on any atom is 0.204 e. The smallest absolute Gasteiger partial charge is 0.204 e. The number of nitrogens with zero attached hydrogens (tertiary/aromatic N) is 4. The van der Waals surface area contributed by atoms with Crippen molar-refractivity contribution in [2.24, 2.45) is 0 Å². The van der Waals surface area contributed by atoms with E-state index in [4.69, 9.17) is 19.0 Å². The molecule has 1 atom stereocenters. The first-order valence-electron chi connectivity index (χ1n) is 13.5. The number of anilines is 2. The fourth-order valence-electron chi connectivity index (χ4n) is 4.60. The second kappa shape index (κ2) is 11.1. The van der Waals surface area contributed by atoms with Crippen LogP contribution in [0.1, 0.15) is 26.5 Å². The van der Waals surface area contributed by atoms with Gasteiger partial charge in [0.25, 0.3) is 0 Å². The number of aromatic nitrogens is 3. The molecule has 5 aromatic rings. The third kappa shape index (κ3) is 5.92. The Morgan fingerprint density at radius 1 is 1.07 bits per heavy atom. The van der Waals surface area contributed by atoms with Gasteiger partial charge in [0.1, 0.15) is 18.1 Å². The predicted molar refractivity (Wildman–Crippen MR) is 157 cm³/mol. The summed E-state index contributed by atoms with van der Waals surface area (Å²) in [7, 11) is 0. The van der Waals surface area contributed by atoms with E-state index in [1.807, 2.05) is 51.1 Å². The van der Waals surface area contributed by atoms with E-state index in [0.29, 0.717) is 12.4 Å². The highest BCUT2D eigenvalue weighted by molar-refractivity contribution is 7.23. The lowest BCUT2D eigenvalue weighted by Crippen LogP contribution is -2.38. The van der Waals surface area contributed by atoms with E-state index < -0.39 is 6.35 Å². The maximum absolute atomic E-state index is 10.4. The average Bonchev–Trinajstić information content (AvgIpc) is 3.64. The lowest BCUT2D eigenvalue weighted by Gasteiger charge is -2.26. The molecule has 1 unspecified atom stereocenters. The van der Waals surface area contributed by atoms with Gasteiger partial charge < -0.3 is 29.7 Å². The molecule has 3 N–H and O–H groups in total. The SMILES string of the molecule is CC(C)(C)c1cc(NC(O)Nc2ccc(-c3cn4c(n3)sc3cc(OCCN5CCOCC5)ccc34)cc2)no1. The summed E-state index contributed by atoms with van der Waals surface area (Å²) in [5.41, 5.74) is 3.59. The Kier molecular flexibility index (Phi) is 7.37. The summed E-state index contributed by atoms with van der Waals surface area (Å²) in [6.07, 6.45) is 1.03. The van der Waals surface area contributed by atoms with Gasteiger partial charge in [-0.1, -0.05) is 49.4 Å². The van der Waals surface area contributed by atoms with Crippen LogP contribution in [-0.4, -0.2) is 70.4 Å². The van der Waals surface area contributed by atoms with Gasteiger partial charge in [0.05, 0.1) is 29.1 Å². The number of ether oxygens (including phenoxy) is 2. The zero-order valence-corrected chi connectivity index (χ0v) is 23.7. The van der Waals surface area contributed by atoms with Crippen LogP contribution < -0.4 is 15.4 Å². The van der Waals surface area contributed by atoms with Gasteiger partial charge in [0, 0.05) is 48.6 Å². The second-order valence-corrected chi connectivity index (χ2v) is 11.9. The first-order valence-corrected chi connectivity index (χ1v) is 14.3. The Hall–Kier alpha value is -3.64. The van der Waals surface area contributed by atoms with Gasteiger partial charge in [-0.05, 0) is 30.3 Å². The van der Waals surface area contributed by atoms with Crippen LogP contribution in [0.4, 0.5) is 11.5 Å². The molecular formula is C29H34N6O4S. The quantitative estimate of drug-likeness (QED) is 0.214. The number of rotatable bonds is 9. The lowest BCUT2D eigenvalue weighted by atomic mass is 9.93. The summed E-state index contributed by atoms with van der Waals surface area (Å²) in [5, 5.41) is 20.3. The Bertz CT molecular complexity index is 1580. The number of aliphatic hydroxyl groups excluding tert-OH is 1. The van der Waals surface area contributed by atoms with Gasteiger partial charge in [-0.15, -0.1) is 0 Å². The molecule has 11 heteroatoms. The van der Waals surface area contributed by atoms with Crippen molar-refractivity contribution in [1.29, 1.82) is 0 Å². The third-order valence-electron chi connectivity index (χ3n) is 6.86. The maximum atomic E-state index is 10.4. The first-order chi connectivity index (χ1) is 19.3. The largest absolute Gasteiger partial charge is 0.492 e. The van der Waals surface area contributed by atoms with Crippen molar-refractivity contribution < 1.29 is 19.1 Å². The Morgan fingerprint density at radius 2 is 1.88 bits per heavy atom. The fourth-order valence-corrected chi connectivity index (χ4v) is 5.63. The minimum atomic E-state index is -1.03. The molecule has 0 radical (unpaired) electrons. The molecule has 0 bridgehead atoms. The van der Waals surface area contributed by atoms with E-state index in [9.17, 15) is 5.11 Å². The number of imidazole rings is 1. The van der Waals surface area contributed by atoms with Crippen molar-refractivity contribution in [2.45, 2.75) is 32.5 Å². The minimum Gasteiger partial charge on any atom is -0.492 e. The third-order valence-corrected chi connectivity index (χ3v) is 7.88. The van der Waals surface area contributed by atoms with E-state index in [0.717, 1.165) is 76.5 Å². The van der Waals surface area contributed by atoms with Gasteiger partial charge in [-0.3, -0.25) is 9.30 Å². The molecule has 0 aliphatic carbocycles. The Morgan fingerprint density at radius 3 is 2.62 bits per heavy atom. The van der Waals surface area contributed by atoms with Crippen molar-refractivity contribution in [2.75, 3.05) is 50.1 Å². The highest BCUT2D eigenvalue weighted by Gasteiger charge is 2.20. The summed E-state index contributed by atoms with van der Waals surface area (Å²) in [6.45, 7) is 11.2. The van der Waals surface area contributed by atoms with Crippen LogP contribution in [0.5, 0.6) is 5.75 Å². The molecule has 0 saturated carbocycles. The number of morpholine rings is 1. The number of aliphatic hydroxyl groups is 1. The standard InChI is InChI=1S/C29H34N6O4S/c1-29(2,3)25-17-26(33-39-25)32-27(36)30-20-6-4-19(5-7-20)22-18-35-23-9-8-21(16-24(23)40-28(35)31-22)38-15-12-34-10-13-37-14-11-34/h4-9,16-18,27,30,36H,10-15H2,1-3H3,(H,32,33). The van der Waals surface area contributed by atoms with Crippen molar-refractivity contribution in [1.82, 2.24) is 19.4 Å². The van der Waals surface area contributed by atoms with Crippen molar-refractivity contribution >= 4 is 38.0 Å². The van der Waals surface area contributed by atoms with Gasteiger partial charge in [-0.25, -0.2) is 4.98 Å². The number of fused-ring (bicyclic) bond motifs is 3. The fraction of sp³-hybridized carbons (Fsp3) is 0.379. The highest BCUT2D eigenvalue weighted by atomic mass is 32.1. The van der Waals surface area contributed by atoms with Gasteiger partial charge >= 0.3 is 0 Å². The predicted octanol–water partition coefficient (Wildman–Crippen LogP) is 5.01. The average molecular weight is 563 g/mol. The van der Waals surface area contributed by atoms with Crippen LogP contribution in [0.3, 0.4) is 0 Å². The molecule has 1 fully saturated rings. The number of hydrogen-bond acceptors (Lipinski definition) is 10. The van der Waals surface area contributed by atoms with Gasteiger partial charge in [0.2, 0.25) is 6.35 Å². The van der Waals surface area contributed by atoms with E-state index in [-0.39, 0.29) is 5.41 Å². The van der Waals surface area contributed by atoms with Crippen molar-refractivity contribution in [3.8, 4) is 17.0 Å². The van der Waals surface area contributed by atoms with Crippen molar-refractivity contribution in [3.05, 3.63) is 60.5 Å². The second-order valence-electron chi connectivity index (χ2n) is 10.9. The lowest BCUT2D eigenvalue weighted by molar-refractivity contribution is 0.0322. The number of hydrogen-bond donors (Lipinski definition) is 3. The topological polar surface area (TPSA) is 109 Å². The van der Waals surface area contributed by atoms with E-state index >= 15 is 0 Å². The van der Waals surface area contributed by atoms with E-state index in [1.165, 1.54) is 0 Å². The molecule has 210 valence electrons. The van der Waals surface area contributed by atoms with Crippen LogP contribution in [0.25, 0.3) is 26.4 Å². The van der Waals surface area contributed by atoms with Crippen LogP contribution in [0.2, 0.25) is 0 Å². The molecule has 6 rings (SSSR count). The molecule has 0 amide bonds. The number of nitrogens with one attached hydrogen (secondary N) is 2. The first kappa shape index (κ1) is 26.6. The normalized spacial score (nSPS) is 15.5. The molecule has 3 aromatic heterocycles. The molecule has 10 nitrogen and oxygen atoms in total. The zero-order valence-electron chi connectivity index (χ0n) is 22.9.